The van der Waals surface area contributed by atoms with E-state index < -0.39 is 0 Å². The zero-order valence-electron chi connectivity index (χ0n) is 7.04. The van der Waals surface area contributed by atoms with Gasteiger partial charge in [0.2, 0.25) is 11.5 Å². The molecule has 0 aromatic carbocycles. The molecule has 68 valence electrons. The van der Waals surface area contributed by atoms with E-state index in [-0.39, 0.29) is 17.4 Å². The highest BCUT2D eigenvalue weighted by molar-refractivity contribution is 5.93. The molecule has 1 aliphatic carbocycles. The van der Waals surface area contributed by atoms with E-state index in [2.05, 4.69) is 10.3 Å². The van der Waals surface area contributed by atoms with Crippen LogP contribution < -0.4 is 10.9 Å². The highest BCUT2D eigenvalue weighted by atomic mass is 16.2. The van der Waals surface area contributed by atoms with Crippen LogP contribution in [-0.4, -0.2) is 10.9 Å². The molecule has 0 saturated heterocycles. The molecular formula is C9H10N2O2. The van der Waals surface area contributed by atoms with Crippen LogP contribution in [0, 0.1) is 5.92 Å². The van der Waals surface area contributed by atoms with Crippen LogP contribution in [0.4, 0.5) is 5.69 Å². The van der Waals surface area contributed by atoms with E-state index in [0.29, 0.717) is 5.69 Å². The van der Waals surface area contributed by atoms with E-state index >= 15 is 0 Å². The number of carbonyl (C=O) groups is 1. The number of aromatic nitrogens is 1. The Labute approximate surface area is 75.0 Å². The molecule has 1 fully saturated rings. The minimum absolute atomic E-state index is 0.0482. The first kappa shape index (κ1) is 8.04. The summed E-state index contributed by atoms with van der Waals surface area (Å²) in [5, 5.41) is 2.72. The first-order chi connectivity index (χ1) is 6.25. The van der Waals surface area contributed by atoms with Crippen LogP contribution in [0.2, 0.25) is 0 Å². The van der Waals surface area contributed by atoms with Crippen molar-refractivity contribution in [3.8, 4) is 0 Å². The molecule has 1 saturated carbocycles. The van der Waals surface area contributed by atoms with E-state index in [9.17, 15) is 9.59 Å². The van der Waals surface area contributed by atoms with E-state index in [1.54, 1.807) is 6.07 Å². The molecule has 1 amide bonds. The maximum Gasteiger partial charge on any atom is 0.248 e. The standard InChI is InChI=1S/C9H10N2O2/c12-8-4-3-7(5-10-8)11-9(13)6-1-2-6/h3-6H,1-2H2,(H,10,12)(H,11,13). The molecule has 13 heavy (non-hydrogen) atoms. The van der Waals surface area contributed by atoms with Gasteiger partial charge >= 0.3 is 0 Å². The molecule has 2 rings (SSSR count). The van der Waals surface area contributed by atoms with Crippen molar-refractivity contribution in [1.82, 2.24) is 4.98 Å². The largest absolute Gasteiger partial charge is 0.327 e. The minimum atomic E-state index is -0.163. The monoisotopic (exact) mass is 178 g/mol. The van der Waals surface area contributed by atoms with Crippen molar-refractivity contribution >= 4 is 11.6 Å². The number of hydrogen-bond donors (Lipinski definition) is 2. The van der Waals surface area contributed by atoms with Crippen LogP contribution in [0.15, 0.2) is 23.1 Å². The Kier molecular flexibility index (Phi) is 1.88. The lowest BCUT2D eigenvalue weighted by molar-refractivity contribution is -0.117. The van der Waals surface area contributed by atoms with Gasteiger partial charge < -0.3 is 10.3 Å². The Bertz CT molecular complexity index is 359. The van der Waals surface area contributed by atoms with Gasteiger partial charge in [0, 0.05) is 18.2 Å². The lowest BCUT2D eigenvalue weighted by atomic mass is 10.3. The predicted octanol–water partition coefficient (Wildman–Crippen LogP) is 0.723. The number of anilines is 1. The average molecular weight is 178 g/mol. The quantitative estimate of drug-likeness (QED) is 0.701. The molecule has 1 aliphatic rings. The van der Waals surface area contributed by atoms with Gasteiger partial charge in [-0.15, -0.1) is 0 Å². The third-order valence-electron chi connectivity index (χ3n) is 2.00. The molecule has 0 aliphatic heterocycles. The summed E-state index contributed by atoms with van der Waals surface area (Å²) in [6.45, 7) is 0. The number of hydrogen-bond acceptors (Lipinski definition) is 2. The van der Waals surface area contributed by atoms with Crippen LogP contribution in [0.5, 0.6) is 0 Å². The number of aromatic amines is 1. The number of nitrogens with one attached hydrogen (secondary N) is 2. The second kappa shape index (κ2) is 3.05. The number of pyridine rings is 1. The summed E-state index contributed by atoms with van der Waals surface area (Å²) in [6.07, 6.45) is 3.47. The van der Waals surface area contributed by atoms with E-state index in [1.807, 2.05) is 0 Å². The van der Waals surface area contributed by atoms with Gasteiger partial charge in [-0.2, -0.15) is 0 Å². The Balaban J connectivity index is 2.04. The first-order valence-electron chi connectivity index (χ1n) is 4.25. The molecule has 4 heteroatoms. The van der Waals surface area contributed by atoms with Gasteiger partial charge in [0.05, 0.1) is 5.69 Å². The second-order valence-corrected chi connectivity index (χ2v) is 3.21. The molecule has 1 aromatic heterocycles. The van der Waals surface area contributed by atoms with Crippen LogP contribution in [0.1, 0.15) is 12.8 Å². The fourth-order valence-electron chi connectivity index (χ4n) is 1.08. The van der Waals surface area contributed by atoms with Gasteiger partial charge in [-0.1, -0.05) is 0 Å². The number of carbonyl (C=O) groups excluding carboxylic acids is 1. The average Bonchev–Trinajstić information content (AvgIpc) is 2.91. The van der Waals surface area contributed by atoms with Crippen molar-refractivity contribution in [2.75, 3.05) is 5.32 Å². The van der Waals surface area contributed by atoms with Crippen LogP contribution in [-0.2, 0) is 4.79 Å². The fraction of sp³-hybridized carbons (Fsp3) is 0.333. The maximum absolute atomic E-state index is 11.3. The number of H-pyrrole nitrogens is 1. The molecule has 0 bridgehead atoms. The molecule has 1 aromatic rings. The SMILES string of the molecule is O=C(Nc1ccc(=O)[nH]c1)C1CC1. The Hall–Kier alpha value is -1.58. The van der Waals surface area contributed by atoms with Crippen LogP contribution in [0.3, 0.4) is 0 Å². The molecule has 0 unspecified atom stereocenters. The first-order valence-corrected chi connectivity index (χ1v) is 4.25. The summed E-state index contributed by atoms with van der Waals surface area (Å²) in [5.41, 5.74) is 0.487. The van der Waals surface area contributed by atoms with Crippen molar-refractivity contribution in [3.05, 3.63) is 28.7 Å². The van der Waals surface area contributed by atoms with Gasteiger partial charge in [0.15, 0.2) is 0 Å². The summed E-state index contributed by atoms with van der Waals surface area (Å²) in [4.78, 5) is 24.4. The van der Waals surface area contributed by atoms with Gasteiger partial charge in [-0.05, 0) is 18.9 Å². The van der Waals surface area contributed by atoms with Gasteiger partial charge in [0.25, 0.3) is 0 Å². The van der Waals surface area contributed by atoms with Crippen molar-refractivity contribution in [3.63, 3.8) is 0 Å². The van der Waals surface area contributed by atoms with E-state index in [4.69, 9.17) is 0 Å². The van der Waals surface area contributed by atoms with Crippen molar-refractivity contribution in [1.29, 1.82) is 0 Å². The van der Waals surface area contributed by atoms with Crippen LogP contribution >= 0.6 is 0 Å². The third kappa shape index (κ3) is 1.96. The van der Waals surface area contributed by atoms with E-state index in [0.717, 1.165) is 12.8 Å². The maximum atomic E-state index is 11.3. The second-order valence-electron chi connectivity index (χ2n) is 3.21. The normalized spacial score (nSPS) is 15.4. The smallest absolute Gasteiger partial charge is 0.248 e. The topological polar surface area (TPSA) is 62.0 Å². The summed E-state index contributed by atoms with van der Waals surface area (Å²) in [7, 11) is 0. The Morgan fingerprint density at radius 3 is 2.77 bits per heavy atom. The van der Waals surface area contributed by atoms with Crippen LogP contribution in [0.25, 0.3) is 0 Å². The molecular weight excluding hydrogens is 168 g/mol. The fourth-order valence-corrected chi connectivity index (χ4v) is 1.08. The zero-order chi connectivity index (χ0) is 9.26. The molecule has 0 spiro atoms. The van der Waals surface area contributed by atoms with Crippen molar-refractivity contribution in [2.24, 2.45) is 5.92 Å². The van der Waals surface area contributed by atoms with E-state index in [1.165, 1.54) is 12.3 Å². The molecule has 0 atom stereocenters. The predicted molar refractivity (Wildman–Crippen MR) is 48.4 cm³/mol. The van der Waals surface area contributed by atoms with Gasteiger partial charge in [-0.3, -0.25) is 9.59 Å². The lowest BCUT2D eigenvalue weighted by Gasteiger charge is -2.01. The molecule has 2 N–H and O–H groups in total. The third-order valence-corrected chi connectivity index (χ3v) is 2.00. The van der Waals surface area contributed by atoms with Gasteiger partial charge in [0.1, 0.15) is 0 Å². The van der Waals surface area contributed by atoms with Gasteiger partial charge in [-0.25, -0.2) is 0 Å². The van der Waals surface area contributed by atoms with Crippen molar-refractivity contribution in [2.45, 2.75) is 12.8 Å². The number of rotatable bonds is 2. The number of amides is 1. The summed E-state index contributed by atoms with van der Waals surface area (Å²) in [6, 6.07) is 2.99. The Morgan fingerprint density at radius 2 is 2.23 bits per heavy atom. The summed E-state index contributed by atoms with van der Waals surface area (Å²) < 4.78 is 0. The zero-order valence-corrected chi connectivity index (χ0v) is 7.04. The minimum Gasteiger partial charge on any atom is -0.327 e. The molecule has 0 radical (unpaired) electrons. The lowest BCUT2D eigenvalue weighted by Crippen LogP contribution is -2.14. The molecule has 4 nitrogen and oxygen atoms in total. The summed E-state index contributed by atoms with van der Waals surface area (Å²) in [5.74, 6) is 0.235. The van der Waals surface area contributed by atoms with Crippen molar-refractivity contribution < 1.29 is 4.79 Å². The Morgan fingerprint density at radius 1 is 1.46 bits per heavy atom. The molecule has 1 heterocycles. The highest BCUT2D eigenvalue weighted by Crippen LogP contribution is 2.29. The summed E-state index contributed by atoms with van der Waals surface area (Å²) >= 11 is 0. The highest BCUT2D eigenvalue weighted by Gasteiger charge is 2.29.